The molecule has 0 radical (unpaired) electrons. The molecule has 152 valence electrons. The Morgan fingerprint density at radius 1 is 1.25 bits per heavy atom. The molecule has 4 rings (SSSR count). The van der Waals surface area contributed by atoms with E-state index in [0.29, 0.717) is 25.7 Å². The average Bonchev–Trinajstić information content (AvgIpc) is 3.46. The fraction of sp³-hybridized carbons (Fsp3) is 0.619. The number of amides is 2. The second-order valence-electron chi connectivity index (χ2n) is 8.11. The number of rotatable bonds is 8. The number of carbonyl (C=O) groups is 2. The Balaban J connectivity index is 1.40. The molecule has 28 heavy (non-hydrogen) atoms. The monoisotopic (exact) mass is 386 g/mol. The third kappa shape index (κ3) is 4.37. The van der Waals surface area contributed by atoms with Crippen LogP contribution in [0.1, 0.15) is 32.1 Å². The van der Waals surface area contributed by atoms with Gasteiger partial charge in [0.25, 0.3) is 5.91 Å². The average molecular weight is 386 g/mol. The molecule has 2 amide bonds. The summed E-state index contributed by atoms with van der Waals surface area (Å²) in [5.74, 6) is 0.653. The highest BCUT2D eigenvalue weighted by Gasteiger charge is 2.37. The van der Waals surface area contributed by atoms with Gasteiger partial charge in [0, 0.05) is 37.1 Å². The van der Waals surface area contributed by atoms with Crippen molar-refractivity contribution in [1.82, 2.24) is 4.90 Å². The molecule has 0 unspecified atom stereocenters. The van der Waals surface area contributed by atoms with Gasteiger partial charge in [-0.3, -0.25) is 14.5 Å². The molecule has 0 bridgehead atoms. The summed E-state index contributed by atoms with van der Waals surface area (Å²) < 4.78 is 5.17. The first-order valence-electron chi connectivity index (χ1n) is 10.4. The first kappa shape index (κ1) is 19.4. The van der Waals surface area contributed by atoms with Crippen molar-refractivity contribution in [2.75, 3.05) is 43.1 Å². The predicted octanol–water partition coefficient (Wildman–Crippen LogP) is 1.58. The van der Waals surface area contributed by atoms with Gasteiger partial charge in [-0.15, -0.1) is 0 Å². The summed E-state index contributed by atoms with van der Waals surface area (Å²) >= 11 is 0. The van der Waals surface area contributed by atoms with Crippen molar-refractivity contribution in [2.45, 2.75) is 44.2 Å². The van der Waals surface area contributed by atoms with Crippen molar-refractivity contribution in [3.63, 3.8) is 0 Å². The van der Waals surface area contributed by atoms with E-state index in [-0.39, 0.29) is 24.5 Å². The molecule has 0 spiro atoms. The van der Waals surface area contributed by atoms with Gasteiger partial charge in [0.05, 0.1) is 6.61 Å². The number of hydrogen-bond acceptors (Lipinski definition) is 5. The number of morpholine rings is 1. The lowest BCUT2D eigenvalue weighted by atomic mass is 9.89. The lowest BCUT2D eigenvalue weighted by Gasteiger charge is -2.41. The molecule has 7 nitrogen and oxygen atoms in total. The van der Waals surface area contributed by atoms with Gasteiger partial charge >= 0.3 is 0 Å². The fourth-order valence-electron chi connectivity index (χ4n) is 3.98. The highest BCUT2D eigenvalue weighted by atomic mass is 16.5. The molecule has 2 aliphatic carbocycles. The van der Waals surface area contributed by atoms with Gasteiger partial charge in [0.2, 0.25) is 5.91 Å². The van der Waals surface area contributed by atoms with E-state index in [0.717, 1.165) is 23.8 Å². The second-order valence-corrected chi connectivity index (χ2v) is 8.11. The normalized spacial score (nSPS) is 21.5. The molecule has 3 N–H and O–H groups in total. The summed E-state index contributed by atoms with van der Waals surface area (Å²) in [7, 11) is 0. The van der Waals surface area contributed by atoms with Crippen molar-refractivity contribution in [3.8, 4) is 0 Å². The minimum atomic E-state index is -0.286. The second kappa shape index (κ2) is 8.59. The van der Waals surface area contributed by atoms with Crippen LogP contribution in [0.5, 0.6) is 0 Å². The Hall–Kier alpha value is -1.96. The number of nitrogens with two attached hydrogens (primary N) is 1. The third-order valence-corrected chi connectivity index (χ3v) is 6.07. The third-order valence-electron chi connectivity index (χ3n) is 6.07. The van der Waals surface area contributed by atoms with E-state index in [4.69, 9.17) is 10.5 Å². The number of nitrogens with one attached hydrogen (secondary N) is 1. The molecule has 7 heteroatoms. The van der Waals surface area contributed by atoms with Crippen molar-refractivity contribution in [2.24, 2.45) is 11.7 Å². The van der Waals surface area contributed by atoms with Crippen molar-refractivity contribution >= 4 is 23.2 Å². The first-order valence-corrected chi connectivity index (χ1v) is 10.4. The molecule has 1 aromatic rings. The zero-order valence-corrected chi connectivity index (χ0v) is 16.3. The maximum absolute atomic E-state index is 13.0. The smallest absolute Gasteiger partial charge is 0.253 e. The van der Waals surface area contributed by atoms with Crippen LogP contribution >= 0.6 is 0 Å². The molecule has 0 aromatic heterocycles. The van der Waals surface area contributed by atoms with E-state index in [9.17, 15) is 9.59 Å². The number of nitrogens with zero attached hydrogens (tertiary/aromatic N) is 2. The van der Waals surface area contributed by atoms with Gasteiger partial charge in [-0.25, -0.2) is 0 Å². The summed E-state index contributed by atoms with van der Waals surface area (Å²) in [6.45, 7) is 2.53. The van der Waals surface area contributed by atoms with E-state index < -0.39 is 0 Å². The van der Waals surface area contributed by atoms with E-state index >= 15 is 0 Å². The molecule has 2 saturated carbocycles. The molecule has 1 aromatic carbocycles. The van der Waals surface area contributed by atoms with E-state index in [1.165, 1.54) is 32.1 Å². The van der Waals surface area contributed by atoms with Crippen LogP contribution in [0.3, 0.4) is 0 Å². The fourth-order valence-corrected chi connectivity index (χ4v) is 3.98. The lowest BCUT2D eigenvalue weighted by Crippen LogP contribution is -2.55. The Labute approximate surface area is 166 Å². The molecule has 3 fully saturated rings. The lowest BCUT2D eigenvalue weighted by molar-refractivity contribution is -0.125. The van der Waals surface area contributed by atoms with Crippen molar-refractivity contribution < 1.29 is 14.3 Å². The number of ether oxygens (including phenoxy) is 1. The summed E-state index contributed by atoms with van der Waals surface area (Å²) in [6.07, 6.45) is 6.11. The quantitative estimate of drug-likeness (QED) is 0.708. The van der Waals surface area contributed by atoms with Gasteiger partial charge in [-0.05, 0) is 55.9 Å². The minimum Gasteiger partial charge on any atom is -0.370 e. The highest BCUT2D eigenvalue weighted by Crippen LogP contribution is 2.34. The van der Waals surface area contributed by atoms with Crippen LogP contribution < -0.4 is 16.0 Å². The van der Waals surface area contributed by atoms with Crippen LogP contribution in [0.4, 0.5) is 11.4 Å². The SMILES string of the molecule is NC[C@H](C(=O)Nc1ccc(N2CCOCC2=O)cc1)N(CC1CC1)C1CCC1. The van der Waals surface area contributed by atoms with Gasteiger partial charge in [-0.1, -0.05) is 6.42 Å². The zero-order valence-electron chi connectivity index (χ0n) is 16.3. The summed E-state index contributed by atoms with van der Waals surface area (Å²) in [6, 6.07) is 7.63. The molecule has 1 atom stereocenters. The van der Waals surface area contributed by atoms with E-state index in [1.54, 1.807) is 4.90 Å². The van der Waals surface area contributed by atoms with Crippen LogP contribution in [-0.2, 0) is 14.3 Å². The maximum Gasteiger partial charge on any atom is 0.253 e. The van der Waals surface area contributed by atoms with Crippen LogP contribution in [-0.4, -0.2) is 61.6 Å². The maximum atomic E-state index is 13.0. The highest BCUT2D eigenvalue weighted by molar-refractivity contribution is 5.97. The summed E-state index contributed by atoms with van der Waals surface area (Å²) in [4.78, 5) is 29.0. The van der Waals surface area contributed by atoms with Gasteiger partial charge < -0.3 is 20.7 Å². The summed E-state index contributed by atoms with van der Waals surface area (Å²) in [5.41, 5.74) is 7.57. The Morgan fingerprint density at radius 3 is 2.57 bits per heavy atom. The topological polar surface area (TPSA) is 87.9 Å². The summed E-state index contributed by atoms with van der Waals surface area (Å²) in [5, 5.41) is 3.02. The minimum absolute atomic E-state index is 0.0368. The molecule has 1 aliphatic heterocycles. The molecule has 1 heterocycles. The molecular formula is C21H30N4O3. The Bertz CT molecular complexity index is 700. The Morgan fingerprint density at radius 2 is 2.00 bits per heavy atom. The van der Waals surface area contributed by atoms with Crippen molar-refractivity contribution in [1.29, 1.82) is 0 Å². The number of anilines is 2. The van der Waals surface area contributed by atoms with Gasteiger partial charge in [-0.2, -0.15) is 0 Å². The standard InChI is InChI=1S/C21H30N4O3/c22-12-19(25(13-15-4-5-15)17-2-1-3-17)21(27)23-16-6-8-18(9-7-16)24-10-11-28-14-20(24)26/h6-9,15,17,19H,1-5,10-14,22H2,(H,23,27)/t19-/m1/s1. The van der Waals surface area contributed by atoms with Crippen LogP contribution in [0.2, 0.25) is 0 Å². The van der Waals surface area contributed by atoms with Crippen molar-refractivity contribution in [3.05, 3.63) is 24.3 Å². The zero-order chi connectivity index (χ0) is 19.5. The predicted molar refractivity (Wildman–Crippen MR) is 108 cm³/mol. The molecular weight excluding hydrogens is 356 g/mol. The number of carbonyl (C=O) groups excluding carboxylic acids is 2. The van der Waals surface area contributed by atoms with E-state index in [2.05, 4.69) is 10.2 Å². The van der Waals surface area contributed by atoms with Crippen LogP contribution in [0, 0.1) is 5.92 Å². The number of hydrogen-bond donors (Lipinski definition) is 2. The van der Waals surface area contributed by atoms with Crippen LogP contribution in [0.25, 0.3) is 0 Å². The molecule has 1 saturated heterocycles. The molecule has 3 aliphatic rings. The largest absolute Gasteiger partial charge is 0.370 e. The Kier molecular flexibility index (Phi) is 5.94. The van der Waals surface area contributed by atoms with Gasteiger partial charge in [0.1, 0.15) is 12.6 Å². The van der Waals surface area contributed by atoms with E-state index in [1.807, 2.05) is 24.3 Å². The first-order chi connectivity index (χ1) is 13.7. The van der Waals surface area contributed by atoms with Crippen LogP contribution in [0.15, 0.2) is 24.3 Å². The number of benzene rings is 1. The van der Waals surface area contributed by atoms with Gasteiger partial charge in [0.15, 0.2) is 0 Å².